The molecule has 0 aliphatic carbocycles. The van der Waals surface area contributed by atoms with Gasteiger partial charge >= 0.3 is 11.7 Å². The zero-order valence-corrected chi connectivity index (χ0v) is 17.6. The van der Waals surface area contributed by atoms with Gasteiger partial charge in [0.25, 0.3) is 5.56 Å². The number of carbonyl (C=O) groups is 1. The Balaban J connectivity index is 1.51. The molecule has 9 heteroatoms. The van der Waals surface area contributed by atoms with E-state index in [0.29, 0.717) is 17.5 Å². The average Bonchev–Trinajstić information content (AvgIpc) is 3.09. The lowest BCUT2D eigenvalue weighted by molar-refractivity contribution is -0.0531. The van der Waals surface area contributed by atoms with Crippen molar-refractivity contribution in [1.82, 2.24) is 9.55 Å². The standard InChI is InChI=1S/C23H21ClN2O6/c24-18-19(27)17(13-31-22(29)15-9-5-2-6-10-15)32-21(18)26-12-16(20(28)25-23(26)30)11-14-7-3-1-4-8-14/h1-10,12,17-19,21,27H,11,13H2,(H,25,28,30)/t17-,18-,19-,21-/m1/s1. The van der Waals surface area contributed by atoms with Gasteiger partial charge in [-0.1, -0.05) is 48.5 Å². The van der Waals surface area contributed by atoms with Gasteiger partial charge in [-0.3, -0.25) is 14.3 Å². The minimum Gasteiger partial charge on any atom is -0.459 e. The third-order valence-electron chi connectivity index (χ3n) is 5.24. The van der Waals surface area contributed by atoms with Crippen molar-refractivity contribution in [2.45, 2.75) is 30.2 Å². The summed E-state index contributed by atoms with van der Waals surface area (Å²) in [6.07, 6.45) is -1.49. The second-order valence-corrected chi connectivity index (χ2v) is 7.95. The summed E-state index contributed by atoms with van der Waals surface area (Å²) in [6.45, 7) is -0.246. The van der Waals surface area contributed by atoms with Crippen LogP contribution in [0.15, 0.2) is 76.4 Å². The van der Waals surface area contributed by atoms with Crippen molar-refractivity contribution in [3.63, 3.8) is 0 Å². The number of carbonyl (C=O) groups excluding carboxylic acids is 1. The molecule has 0 amide bonds. The molecule has 4 rings (SSSR count). The summed E-state index contributed by atoms with van der Waals surface area (Å²) >= 11 is 6.35. The van der Waals surface area contributed by atoms with E-state index < -0.39 is 41.0 Å². The summed E-state index contributed by atoms with van der Waals surface area (Å²) in [5.74, 6) is -0.567. The summed E-state index contributed by atoms with van der Waals surface area (Å²) in [5.41, 5.74) is 0.381. The average molecular weight is 457 g/mol. The van der Waals surface area contributed by atoms with Crippen molar-refractivity contribution in [2.75, 3.05) is 6.61 Å². The molecule has 1 aromatic heterocycles. The normalized spacial score (nSPS) is 22.6. The van der Waals surface area contributed by atoms with Crippen LogP contribution in [-0.2, 0) is 15.9 Å². The number of aromatic amines is 1. The largest absolute Gasteiger partial charge is 0.459 e. The van der Waals surface area contributed by atoms with Crippen LogP contribution in [0.4, 0.5) is 0 Å². The van der Waals surface area contributed by atoms with Crippen LogP contribution in [0.1, 0.15) is 27.7 Å². The van der Waals surface area contributed by atoms with Crippen LogP contribution in [0.25, 0.3) is 0 Å². The van der Waals surface area contributed by atoms with Crippen molar-refractivity contribution >= 4 is 17.6 Å². The van der Waals surface area contributed by atoms with Gasteiger partial charge in [0, 0.05) is 18.2 Å². The number of halogens is 1. The molecule has 32 heavy (non-hydrogen) atoms. The Labute approximate surface area is 188 Å². The van der Waals surface area contributed by atoms with E-state index in [1.165, 1.54) is 6.20 Å². The molecule has 4 atom stereocenters. The number of ether oxygens (including phenoxy) is 2. The molecule has 166 valence electrons. The number of rotatable bonds is 6. The van der Waals surface area contributed by atoms with Gasteiger partial charge in [0.2, 0.25) is 0 Å². The molecule has 8 nitrogen and oxygen atoms in total. The summed E-state index contributed by atoms with van der Waals surface area (Å²) in [5, 5.41) is 9.49. The van der Waals surface area contributed by atoms with Crippen LogP contribution in [0.3, 0.4) is 0 Å². The van der Waals surface area contributed by atoms with Gasteiger partial charge in [-0.25, -0.2) is 9.59 Å². The molecular formula is C23H21ClN2O6. The van der Waals surface area contributed by atoms with Crippen LogP contribution >= 0.6 is 11.6 Å². The third-order valence-corrected chi connectivity index (χ3v) is 5.71. The van der Waals surface area contributed by atoms with Gasteiger partial charge in [-0.2, -0.15) is 0 Å². The summed E-state index contributed by atoms with van der Waals surface area (Å²) in [6, 6.07) is 17.7. The Bertz CT molecular complexity index is 1190. The highest BCUT2D eigenvalue weighted by Gasteiger charge is 2.44. The molecule has 0 spiro atoms. The number of hydrogen-bond acceptors (Lipinski definition) is 6. The highest BCUT2D eigenvalue weighted by atomic mass is 35.5. The molecule has 1 fully saturated rings. The lowest BCUT2D eigenvalue weighted by Crippen LogP contribution is -2.37. The predicted molar refractivity (Wildman–Crippen MR) is 117 cm³/mol. The quantitative estimate of drug-likeness (QED) is 0.432. The monoisotopic (exact) mass is 456 g/mol. The van der Waals surface area contributed by atoms with Gasteiger partial charge < -0.3 is 14.6 Å². The molecule has 0 unspecified atom stereocenters. The lowest BCUT2D eigenvalue weighted by atomic mass is 10.1. The van der Waals surface area contributed by atoms with E-state index in [0.717, 1.165) is 10.1 Å². The number of aliphatic hydroxyl groups excluding tert-OH is 1. The van der Waals surface area contributed by atoms with Crippen molar-refractivity contribution in [1.29, 1.82) is 0 Å². The van der Waals surface area contributed by atoms with Gasteiger partial charge in [0.15, 0.2) is 6.23 Å². The minimum atomic E-state index is -1.19. The van der Waals surface area contributed by atoms with Crippen molar-refractivity contribution in [3.05, 3.63) is 104 Å². The maximum atomic E-state index is 12.4. The van der Waals surface area contributed by atoms with Gasteiger partial charge in [-0.15, -0.1) is 11.6 Å². The van der Waals surface area contributed by atoms with E-state index >= 15 is 0 Å². The first-order valence-corrected chi connectivity index (χ1v) is 10.5. The molecule has 2 N–H and O–H groups in total. The molecule has 2 heterocycles. The van der Waals surface area contributed by atoms with Crippen LogP contribution < -0.4 is 11.2 Å². The first kappa shape index (κ1) is 22.0. The first-order valence-electron chi connectivity index (χ1n) is 10.0. The first-order chi connectivity index (χ1) is 15.4. The smallest absolute Gasteiger partial charge is 0.338 e. The molecular weight excluding hydrogens is 436 g/mol. The number of alkyl halides is 1. The van der Waals surface area contributed by atoms with Gasteiger partial charge in [0.1, 0.15) is 24.2 Å². The van der Waals surface area contributed by atoms with E-state index in [9.17, 15) is 19.5 Å². The number of esters is 1. The van der Waals surface area contributed by atoms with E-state index in [2.05, 4.69) is 4.98 Å². The highest BCUT2D eigenvalue weighted by Crippen LogP contribution is 2.33. The minimum absolute atomic E-state index is 0.246. The summed E-state index contributed by atoms with van der Waals surface area (Å²) in [7, 11) is 0. The van der Waals surface area contributed by atoms with Crippen molar-refractivity contribution < 1.29 is 19.4 Å². The Morgan fingerprint density at radius 2 is 1.75 bits per heavy atom. The van der Waals surface area contributed by atoms with Crippen LogP contribution in [-0.4, -0.2) is 44.8 Å². The van der Waals surface area contributed by atoms with Crippen molar-refractivity contribution in [3.8, 4) is 0 Å². The maximum Gasteiger partial charge on any atom is 0.338 e. The van der Waals surface area contributed by atoms with E-state index in [-0.39, 0.29) is 6.61 Å². The number of aliphatic hydroxyl groups is 1. The zero-order valence-electron chi connectivity index (χ0n) is 16.9. The second-order valence-electron chi connectivity index (χ2n) is 7.45. The van der Waals surface area contributed by atoms with E-state index in [1.807, 2.05) is 30.3 Å². The second kappa shape index (κ2) is 9.52. The Morgan fingerprint density at radius 1 is 1.09 bits per heavy atom. The number of H-pyrrole nitrogens is 1. The number of nitrogens with zero attached hydrogens (tertiary/aromatic N) is 1. The number of hydrogen-bond donors (Lipinski definition) is 2. The lowest BCUT2D eigenvalue weighted by Gasteiger charge is -2.17. The molecule has 2 aromatic carbocycles. The fourth-order valence-corrected chi connectivity index (χ4v) is 3.88. The number of aromatic nitrogens is 2. The van der Waals surface area contributed by atoms with E-state index in [1.54, 1.807) is 30.3 Å². The van der Waals surface area contributed by atoms with Gasteiger partial charge in [0.05, 0.1) is 5.56 Å². The molecule has 0 radical (unpaired) electrons. The topological polar surface area (TPSA) is 111 Å². The third kappa shape index (κ3) is 4.67. The molecule has 1 aliphatic rings. The molecule has 0 bridgehead atoms. The molecule has 3 aromatic rings. The Kier molecular flexibility index (Phi) is 6.55. The Hall–Kier alpha value is -3.20. The number of benzene rings is 2. The van der Waals surface area contributed by atoms with Crippen molar-refractivity contribution in [2.24, 2.45) is 0 Å². The van der Waals surface area contributed by atoms with Crippen LogP contribution in [0.5, 0.6) is 0 Å². The van der Waals surface area contributed by atoms with Crippen LogP contribution in [0.2, 0.25) is 0 Å². The Morgan fingerprint density at radius 3 is 2.44 bits per heavy atom. The highest BCUT2D eigenvalue weighted by molar-refractivity contribution is 6.21. The van der Waals surface area contributed by atoms with Crippen LogP contribution in [0, 0.1) is 0 Å². The molecule has 1 aliphatic heterocycles. The fourth-order valence-electron chi connectivity index (χ4n) is 3.54. The number of nitrogens with one attached hydrogen (secondary N) is 1. The maximum absolute atomic E-state index is 12.4. The molecule has 1 saturated heterocycles. The summed E-state index contributed by atoms with van der Waals surface area (Å²) < 4.78 is 12.2. The SMILES string of the molecule is O=C(OC[C@H]1O[C@@H](n2cc(Cc3ccccc3)c(=O)[nH]c2=O)[C@H](Cl)[C@@H]1O)c1ccccc1. The fraction of sp³-hybridized carbons (Fsp3) is 0.261. The predicted octanol–water partition coefficient (Wildman–Crippen LogP) is 1.85. The van der Waals surface area contributed by atoms with Gasteiger partial charge in [-0.05, 0) is 17.7 Å². The zero-order chi connectivity index (χ0) is 22.7. The molecule has 0 saturated carbocycles. The van der Waals surface area contributed by atoms with E-state index in [4.69, 9.17) is 21.1 Å². The summed E-state index contributed by atoms with van der Waals surface area (Å²) in [4.78, 5) is 39.2.